The van der Waals surface area contributed by atoms with Crippen molar-refractivity contribution in [3.05, 3.63) is 35.6 Å². The van der Waals surface area contributed by atoms with Crippen molar-refractivity contribution in [1.29, 1.82) is 0 Å². The molecular weight excluding hydrogens is 250 g/mol. The number of nitrogens with one attached hydrogen (secondary N) is 1. The second-order valence-electron chi connectivity index (χ2n) is 5.69. The minimum absolute atomic E-state index is 0.202. The highest BCUT2D eigenvalue weighted by Crippen LogP contribution is 2.27. The first kappa shape index (κ1) is 13.7. The maximum absolute atomic E-state index is 10.1. The lowest BCUT2D eigenvalue weighted by atomic mass is 9.92. The van der Waals surface area contributed by atoms with Gasteiger partial charge in [0.25, 0.3) is 0 Å². The summed E-state index contributed by atoms with van der Waals surface area (Å²) in [5.41, 5.74) is 2.21. The molecule has 1 aromatic heterocycles. The van der Waals surface area contributed by atoms with Crippen LogP contribution in [0.2, 0.25) is 0 Å². The predicted octanol–water partition coefficient (Wildman–Crippen LogP) is 3.39. The van der Waals surface area contributed by atoms with Gasteiger partial charge in [0.05, 0.1) is 6.10 Å². The van der Waals surface area contributed by atoms with Crippen LogP contribution in [-0.4, -0.2) is 17.3 Å². The highest BCUT2D eigenvalue weighted by atomic mass is 16.3. The summed E-state index contributed by atoms with van der Waals surface area (Å²) in [5.74, 6) is 1.06. The molecule has 3 heteroatoms. The molecule has 2 atom stereocenters. The number of fused-ring (bicyclic) bond motifs is 1. The smallest absolute Gasteiger partial charge is 0.134 e. The minimum atomic E-state index is -0.202. The summed E-state index contributed by atoms with van der Waals surface area (Å²) in [7, 11) is 0. The quantitative estimate of drug-likeness (QED) is 0.897. The van der Waals surface area contributed by atoms with Crippen LogP contribution in [0, 0.1) is 0 Å². The molecule has 2 aromatic rings. The van der Waals surface area contributed by atoms with Gasteiger partial charge in [-0.15, -0.1) is 0 Å². The first-order chi connectivity index (χ1) is 9.79. The fourth-order valence-corrected chi connectivity index (χ4v) is 3.21. The molecule has 1 fully saturated rings. The van der Waals surface area contributed by atoms with Gasteiger partial charge in [-0.05, 0) is 18.9 Å². The number of benzene rings is 1. The summed E-state index contributed by atoms with van der Waals surface area (Å²) < 4.78 is 5.91. The predicted molar refractivity (Wildman–Crippen MR) is 80.7 cm³/mol. The Labute approximate surface area is 120 Å². The number of furan rings is 1. The van der Waals surface area contributed by atoms with Crippen molar-refractivity contribution in [3.8, 4) is 0 Å². The van der Waals surface area contributed by atoms with E-state index in [0.717, 1.165) is 43.6 Å². The summed E-state index contributed by atoms with van der Waals surface area (Å²) in [4.78, 5) is 0. The van der Waals surface area contributed by atoms with Crippen molar-refractivity contribution in [3.63, 3.8) is 0 Å². The summed E-state index contributed by atoms with van der Waals surface area (Å²) in [6, 6.07) is 8.42. The maximum Gasteiger partial charge on any atom is 0.134 e. The average molecular weight is 273 g/mol. The number of hydrogen-bond donors (Lipinski definition) is 2. The molecule has 20 heavy (non-hydrogen) atoms. The zero-order chi connectivity index (χ0) is 13.9. The van der Waals surface area contributed by atoms with Gasteiger partial charge in [-0.1, -0.05) is 38.0 Å². The molecule has 2 unspecified atom stereocenters. The Bertz CT molecular complexity index is 575. The van der Waals surface area contributed by atoms with E-state index in [1.807, 2.05) is 12.1 Å². The molecule has 0 radical (unpaired) electrons. The van der Waals surface area contributed by atoms with Gasteiger partial charge in [0, 0.05) is 30.0 Å². The van der Waals surface area contributed by atoms with Gasteiger partial charge in [0.15, 0.2) is 0 Å². The molecule has 108 valence electrons. The Morgan fingerprint density at radius 2 is 2.05 bits per heavy atom. The van der Waals surface area contributed by atoms with Crippen molar-refractivity contribution < 1.29 is 9.52 Å². The Kier molecular flexibility index (Phi) is 4.08. The largest absolute Gasteiger partial charge is 0.461 e. The van der Waals surface area contributed by atoms with Gasteiger partial charge in [-0.2, -0.15) is 0 Å². The molecule has 0 bridgehead atoms. The second kappa shape index (κ2) is 5.98. The Balaban J connectivity index is 1.79. The Morgan fingerprint density at radius 1 is 1.25 bits per heavy atom. The molecule has 1 aliphatic rings. The first-order valence-corrected chi connectivity index (χ1v) is 7.70. The number of aryl methyl sites for hydroxylation is 1. The van der Waals surface area contributed by atoms with Crippen LogP contribution in [0.3, 0.4) is 0 Å². The molecule has 1 saturated carbocycles. The highest BCUT2D eigenvalue weighted by Gasteiger charge is 2.23. The zero-order valence-electron chi connectivity index (χ0n) is 12.1. The lowest BCUT2D eigenvalue weighted by Gasteiger charge is -2.28. The number of aliphatic hydroxyl groups is 1. The van der Waals surface area contributed by atoms with Crippen LogP contribution in [0.5, 0.6) is 0 Å². The molecule has 1 heterocycles. The van der Waals surface area contributed by atoms with E-state index in [1.54, 1.807) is 0 Å². The molecule has 1 aromatic carbocycles. The third-order valence-corrected chi connectivity index (χ3v) is 4.37. The standard InChI is InChI=1S/C17H23NO2/c1-2-16-13(12-7-3-6-10-17(12)20-16)11-18-14-8-4-5-9-15(14)19/h3,6-7,10,14-15,18-19H,2,4-5,8-9,11H2,1H3. The van der Waals surface area contributed by atoms with Crippen LogP contribution in [0.1, 0.15) is 43.9 Å². The van der Waals surface area contributed by atoms with Crippen LogP contribution < -0.4 is 5.32 Å². The molecule has 2 N–H and O–H groups in total. The van der Waals surface area contributed by atoms with Crippen molar-refractivity contribution in [2.75, 3.05) is 0 Å². The number of aliphatic hydroxyl groups excluding tert-OH is 1. The number of rotatable bonds is 4. The summed E-state index contributed by atoms with van der Waals surface area (Å²) in [6.07, 6.45) is 5.05. The van der Waals surface area contributed by atoms with E-state index < -0.39 is 0 Å². The average Bonchev–Trinajstić information content (AvgIpc) is 2.84. The third-order valence-electron chi connectivity index (χ3n) is 4.37. The summed E-state index contributed by atoms with van der Waals surface area (Å²) in [5, 5.41) is 14.8. The summed E-state index contributed by atoms with van der Waals surface area (Å²) >= 11 is 0. The molecule has 0 spiro atoms. The van der Waals surface area contributed by atoms with E-state index in [4.69, 9.17) is 4.42 Å². The SMILES string of the molecule is CCc1oc2ccccc2c1CNC1CCCCC1O. The molecule has 3 rings (SSSR count). The number of hydrogen-bond acceptors (Lipinski definition) is 3. The molecule has 3 nitrogen and oxygen atoms in total. The van der Waals surface area contributed by atoms with Gasteiger partial charge in [0.1, 0.15) is 11.3 Å². The normalized spacial score (nSPS) is 23.3. The molecule has 0 aliphatic heterocycles. The van der Waals surface area contributed by atoms with Gasteiger partial charge in [0.2, 0.25) is 0 Å². The van der Waals surface area contributed by atoms with Crippen molar-refractivity contribution >= 4 is 11.0 Å². The van der Waals surface area contributed by atoms with E-state index in [1.165, 1.54) is 17.4 Å². The zero-order valence-corrected chi connectivity index (χ0v) is 12.1. The lowest BCUT2D eigenvalue weighted by molar-refractivity contribution is 0.0902. The van der Waals surface area contributed by atoms with Crippen LogP contribution in [0.15, 0.2) is 28.7 Å². The van der Waals surface area contributed by atoms with Crippen molar-refractivity contribution in [2.45, 2.75) is 57.7 Å². The van der Waals surface area contributed by atoms with E-state index >= 15 is 0 Å². The topological polar surface area (TPSA) is 45.4 Å². The van der Waals surface area contributed by atoms with E-state index in [2.05, 4.69) is 24.4 Å². The lowest BCUT2D eigenvalue weighted by Crippen LogP contribution is -2.41. The number of para-hydroxylation sites is 1. The molecule has 0 amide bonds. The van der Waals surface area contributed by atoms with Gasteiger partial charge in [-0.25, -0.2) is 0 Å². The third kappa shape index (κ3) is 2.60. The Hall–Kier alpha value is -1.32. The van der Waals surface area contributed by atoms with Crippen LogP contribution in [0.25, 0.3) is 11.0 Å². The van der Waals surface area contributed by atoms with Crippen molar-refractivity contribution in [1.82, 2.24) is 5.32 Å². The Morgan fingerprint density at radius 3 is 2.85 bits per heavy atom. The fraction of sp³-hybridized carbons (Fsp3) is 0.529. The van der Waals surface area contributed by atoms with E-state index in [0.29, 0.717) is 0 Å². The first-order valence-electron chi connectivity index (χ1n) is 7.70. The van der Waals surface area contributed by atoms with Crippen molar-refractivity contribution in [2.24, 2.45) is 0 Å². The van der Waals surface area contributed by atoms with Gasteiger partial charge in [-0.3, -0.25) is 0 Å². The van der Waals surface area contributed by atoms with Gasteiger partial charge >= 0.3 is 0 Å². The molecular formula is C17H23NO2. The van der Waals surface area contributed by atoms with E-state index in [9.17, 15) is 5.11 Å². The fourth-order valence-electron chi connectivity index (χ4n) is 3.21. The van der Waals surface area contributed by atoms with Crippen LogP contribution in [0.4, 0.5) is 0 Å². The maximum atomic E-state index is 10.1. The van der Waals surface area contributed by atoms with Crippen LogP contribution >= 0.6 is 0 Å². The van der Waals surface area contributed by atoms with Crippen LogP contribution in [-0.2, 0) is 13.0 Å². The van der Waals surface area contributed by atoms with Gasteiger partial charge < -0.3 is 14.8 Å². The molecule has 1 aliphatic carbocycles. The summed E-state index contributed by atoms with van der Waals surface area (Å²) in [6.45, 7) is 2.90. The van der Waals surface area contributed by atoms with E-state index in [-0.39, 0.29) is 12.1 Å². The monoisotopic (exact) mass is 273 g/mol. The highest BCUT2D eigenvalue weighted by molar-refractivity contribution is 5.82. The minimum Gasteiger partial charge on any atom is -0.461 e. The molecule has 0 saturated heterocycles. The second-order valence-corrected chi connectivity index (χ2v) is 5.69.